The lowest BCUT2D eigenvalue weighted by Crippen LogP contribution is -2.45. The summed E-state index contributed by atoms with van der Waals surface area (Å²) in [5.41, 5.74) is 0. The van der Waals surface area contributed by atoms with Crippen molar-refractivity contribution in [2.24, 2.45) is 0 Å². The van der Waals surface area contributed by atoms with Gasteiger partial charge in [0.05, 0.1) is 21.1 Å². The average molecular weight is 231 g/mol. The Morgan fingerprint density at radius 3 is 2.06 bits per heavy atom. The molecule has 0 aliphatic carbocycles. The smallest absolute Gasteiger partial charge is 0.374 e. The molecule has 6 heteroatoms. The van der Waals surface area contributed by atoms with Crippen LogP contribution in [0.1, 0.15) is 13.3 Å². The van der Waals surface area contributed by atoms with Crippen LogP contribution in [0.25, 0.3) is 0 Å². The summed E-state index contributed by atoms with van der Waals surface area (Å²) in [5, 5.41) is 10.5. The number of carbonyl (C=O) groups is 3. The summed E-state index contributed by atoms with van der Waals surface area (Å²) in [4.78, 5) is 32.2. The topological polar surface area (TPSA) is 83.5 Å². The maximum Gasteiger partial charge on any atom is 0.374 e. The normalized spacial score (nSPS) is 13.0. The average Bonchev–Trinajstić information content (AvgIpc) is 1.98. The zero-order chi connectivity index (χ0) is 12.9. The molecular weight excluding hydrogens is 214 g/mol. The van der Waals surface area contributed by atoms with E-state index in [9.17, 15) is 19.5 Å². The quantitative estimate of drug-likeness (QED) is 0.310. The van der Waals surface area contributed by atoms with Gasteiger partial charge in [-0.3, -0.25) is 4.79 Å². The number of hydrogen-bond donors (Lipinski definition) is 0. The lowest BCUT2D eigenvalue weighted by molar-refractivity contribution is -0.873. The van der Waals surface area contributed by atoms with E-state index >= 15 is 0 Å². The van der Waals surface area contributed by atoms with Gasteiger partial charge in [0.25, 0.3) is 0 Å². The molecule has 0 aromatic rings. The first-order valence-corrected chi connectivity index (χ1v) is 4.83. The monoisotopic (exact) mass is 231 g/mol. The molecule has 0 radical (unpaired) electrons. The highest BCUT2D eigenvalue weighted by Crippen LogP contribution is 2.04. The number of rotatable bonds is 6. The molecule has 0 aromatic carbocycles. The van der Waals surface area contributed by atoms with Gasteiger partial charge in [0.1, 0.15) is 6.54 Å². The number of hydrogen-bond acceptors (Lipinski definition) is 5. The van der Waals surface area contributed by atoms with Crippen molar-refractivity contribution >= 4 is 17.7 Å². The van der Waals surface area contributed by atoms with E-state index in [1.54, 1.807) is 0 Å². The van der Waals surface area contributed by atoms with Crippen LogP contribution in [-0.2, 0) is 19.1 Å². The number of carbonyl (C=O) groups excluding carboxylic acids is 3. The number of nitrogens with zero attached hydrogens (tertiary/aromatic N) is 1. The fourth-order valence-corrected chi connectivity index (χ4v) is 1.17. The van der Waals surface area contributed by atoms with Gasteiger partial charge >= 0.3 is 5.97 Å². The van der Waals surface area contributed by atoms with Crippen molar-refractivity contribution in [1.29, 1.82) is 0 Å². The minimum Gasteiger partial charge on any atom is -0.550 e. The predicted octanol–water partition coefficient (Wildman–Crippen LogP) is -1.67. The van der Waals surface area contributed by atoms with E-state index in [1.165, 1.54) is 0 Å². The number of esters is 1. The van der Waals surface area contributed by atoms with E-state index < -0.39 is 30.2 Å². The Balaban J connectivity index is 4.49. The van der Waals surface area contributed by atoms with Crippen LogP contribution in [0.2, 0.25) is 0 Å². The van der Waals surface area contributed by atoms with Crippen LogP contribution in [-0.4, -0.2) is 56.0 Å². The standard InChI is InChI=1S/C10H17NO5/c1-7(12)10(15)16-8(5-9(13)14)6-11(2,3)4/h8H,5-6H2,1-4H3/t8-/m1/s1. The Morgan fingerprint density at radius 1 is 1.25 bits per heavy atom. The fourth-order valence-electron chi connectivity index (χ4n) is 1.17. The zero-order valence-electron chi connectivity index (χ0n) is 9.98. The minimum atomic E-state index is -1.31. The maximum absolute atomic E-state index is 11.0. The summed E-state index contributed by atoms with van der Waals surface area (Å²) in [7, 11) is 5.47. The van der Waals surface area contributed by atoms with Gasteiger partial charge < -0.3 is 19.1 Å². The fraction of sp³-hybridized carbons (Fsp3) is 0.700. The molecule has 92 valence electrons. The van der Waals surface area contributed by atoms with Gasteiger partial charge in [-0.15, -0.1) is 0 Å². The van der Waals surface area contributed by atoms with E-state index in [1.807, 2.05) is 21.1 Å². The van der Waals surface area contributed by atoms with Crippen molar-refractivity contribution in [2.45, 2.75) is 19.4 Å². The van der Waals surface area contributed by atoms with E-state index in [2.05, 4.69) is 0 Å². The number of carboxylic acid groups (broad SMARTS) is 1. The van der Waals surface area contributed by atoms with E-state index in [4.69, 9.17) is 4.74 Å². The molecular formula is C10H17NO5. The second kappa shape index (κ2) is 5.60. The number of ketones is 1. The second-order valence-electron chi connectivity index (χ2n) is 4.63. The molecule has 0 aliphatic rings. The molecule has 0 fully saturated rings. The van der Waals surface area contributed by atoms with Crippen molar-refractivity contribution in [3.63, 3.8) is 0 Å². The van der Waals surface area contributed by atoms with E-state index in [-0.39, 0.29) is 0 Å². The number of ether oxygens (including phenoxy) is 1. The number of carboxylic acids is 1. The van der Waals surface area contributed by atoms with Crippen molar-refractivity contribution in [3.8, 4) is 0 Å². The summed E-state index contributed by atoms with van der Waals surface area (Å²) in [6.45, 7) is 1.37. The Kier molecular flexibility index (Phi) is 5.10. The van der Waals surface area contributed by atoms with Gasteiger partial charge in [-0.25, -0.2) is 4.79 Å². The lowest BCUT2D eigenvalue weighted by Gasteiger charge is -2.28. The van der Waals surface area contributed by atoms with Crippen LogP contribution < -0.4 is 5.11 Å². The largest absolute Gasteiger partial charge is 0.550 e. The number of likely N-dealkylation sites (N-methyl/N-ethyl adjacent to an activating group) is 1. The molecule has 1 atom stereocenters. The van der Waals surface area contributed by atoms with Crippen LogP contribution in [0.3, 0.4) is 0 Å². The van der Waals surface area contributed by atoms with Crippen LogP contribution in [0, 0.1) is 0 Å². The number of aliphatic carboxylic acids is 1. The molecule has 0 aliphatic heterocycles. The molecule has 0 saturated carbocycles. The molecule has 0 amide bonds. The first kappa shape index (κ1) is 14.6. The first-order valence-electron chi connectivity index (χ1n) is 4.83. The number of Topliss-reactive ketones (excluding diaryl/α,β-unsaturated/α-hetero) is 1. The van der Waals surface area contributed by atoms with Gasteiger partial charge in [0.15, 0.2) is 6.10 Å². The molecule has 0 saturated heterocycles. The molecule has 0 heterocycles. The minimum absolute atomic E-state index is 0.299. The molecule has 0 spiro atoms. The Morgan fingerprint density at radius 2 is 1.75 bits per heavy atom. The molecule has 0 N–H and O–H groups in total. The zero-order valence-corrected chi connectivity index (χ0v) is 9.98. The highest BCUT2D eigenvalue weighted by atomic mass is 16.5. The summed E-state index contributed by atoms with van der Waals surface area (Å²) in [6.07, 6.45) is -1.25. The molecule has 0 rings (SSSR count). The third kappa shape index (κ3) is 6.94. The van der Waals surface area contributed by atoms with Crippen molar-refractivity contribution in [3.05, 3.63) is 0 Å². The van der Waals surface area contributed by atoms with Crippen molar-refractivity contribution < 1.29 is 28.7 Å². The first-order chi connectivity index (χ1) is 7.11. The highest BCUT2D eigenvalue weighted by molar-refractivity contribution is 6.32. The number of quaternary nitrogens is 1. The van der Waals surface area contributed by atoms with Gasteiger partial charge in [-0.2, -0.15) is 0 Å². The van der Waals surface area contributed by atoms with Crippen LogP contribution >= 0.6 is 0 Å². The Hall–Kier alpha value is -1.43. The molecule has 0 aromatic heterocycles. The second-order valence-corrected chi connectivity index (χ2v) is 4.63. The van der Waals surface area contributed by atoms with Gasteiger partial charge in [-0.1, -0.05) is 0 Å². The Labute approximate surface area is 94.4 Å². The molecule has 0 bridgehead atoms. The van der Waals surface area contributed by atoms with Gasteiger partial charge in [0.2, 0.25) is 5.78 Å². The summed E-state index contributed by atoms with van der Waals surface area (Å²) in [6, 6.07) is 0. The van der Waals surface area contributed by atoms with Crippen LogP contribution in [0.4, 0.5) is 0 Å². The summed E-state index contributed by atoms with van der Waals surface area (Å²) < 4.78 is 5.19. The SMILES string of the molecule is CC(=O)C(=O)O[C@H](CC(=O)[O-])C[N+](C)(C)C. The van der Waals surface area contributed by atoms with Crippen LogP contribution in [0.15, 0.2) is 0 Å². The third-order valence-corrected chi connectivity index (χ3v) is 1.71. The predicted molar refractivity (Wildman–Crippen MR) is 53.1 cm³/mol. The van der Waals surface area contributed by atoms with E-state index in [0.29, 0.717) is 11.0 Å². The van der Waals surface area contributed by atoms with Crippen molar-refractivity contribution in [2.75, 3.05) is 27.7 Å². The highest BCUT2D eigenvalue weighted by Gasteiger charge is 2.23. The van der Waals surface area contributed by atoms with Crippen LogP contribution in [0.5, 0.6) is 0 Å². The van der Waals surface area contributed by atoms with Gasteiger partial charge in [-0.05, 0) is 0 Å². The Bertz CT molecular complexity index is 292. The molecule has 16 heavy (non-hydrogen) atoms. The van der Waals surface area contributed by atoms with Crippen molar-refractivity contribution in [1.82, 2.24) is 0 Å². The third-order valence-electron chi connectivity index (χ3n) is 1.71. The van der Waals surface area contributed by atoms with E-state index in [0.717, 1.165) is 6.92 Å². The summed E-state index contributed by atoms with van der Waals surface area (Å²) >= 11 is 0. The van der Waals surface area contributed by atoms with Gasteiger partial charge in [0, 0.05) is 19.3 Å². The summed E-state index contributed by atoms with van der Waals surface area (Å²) in [5.74, 6) is -3.07. The lowest BCUT2D eigenvalue weighted by atomic mass is 10.2. The maximum atomic E-state index is 11.0. The molecule has 6 nitrogen and oxygen atoms in total. The molecule has 0 unspecified atom stereocenters.